The number of rotatable bonds is 8. The minimum Gasteiger partial charge on any atom is -0.344 e. The van der Waals surface area contributed by atoms with E-state index < -0.39 is 12.1 Å². The fraction of sp³-hybridized carbons (Fsp3) is 0.500. The van der Waals surface area contributed by atoms with E-state index in [0.717, 1.165) is 11.8 Å². The maximum atomic E-state index is 12.4. The van der Waals surface area contributed by atoms with Gasteiger partial charge >= 0.3 is 0 Å². The molecule has 1 rings (SSSR count). The van der Waals surface area contributed by atoms with E-state index in [-0.39, 0.29) is 23.7 Å². The number of aldehydes is 1. The number of hydrogen-bond donors (Lipinski definition) is 2. The number of benzene rings is 1. The molecule has 0 aliphatic heterocycles. The van der Waals surface area contributed by atoms with Gasteiger partial charge in [-0.1, -0.05) is 58.0 Å². The molecule has 0 bridgehead atoms. The minimum atomic E-state index is -0.650. The van der Waals surface area contributed by atoms with Crippen molar-refractivity contribution in [2.24, 2.45) is 11.8 Å². The molecule has 0 aliphatic rings. The van der Waals surface area contributed by atoms with Crippen LogP contribution in [0.4, 0.5) is 0 Å². The summed E-state index contributed by atoms with van der Waals surface area (Å²) in [4.78, 5) is 35.5. The van der Waals surface area contributed by atoms with Crippen LogP contribution >= 0.6 is 0 Å². The highest BCUT2D eigenvalue weighted by Crippen LogP contribution is 2.06. The van der Waals surface area contributed by atoms with Gasteiger partial charge in [-0.05, 0) is 17.9 Å². The third-order valence-electron chi connectivity index (χ3n) is 3.56. The predicted molar refractivity (Wildman–Crippen MR) is 89.7 cm³/mol. The van der Waals surface area contributed by atoms with Crippen LogP contribution < -0.4 is 10.6 Å². The van der Waals surface area contributed by atoms with Crippen LogP contribution in [0.15, 0.2) is 30.3 Å². The van der Waals surface area contributed by atoms with Crippen LogP contribution in [0.3, 0.4) is 0 Å². The second kappa shape index (κ2) is 9.08. The number of hydrogen-bond acceptors (Lipinski definition) is 3. The smallest absolute Gasteiger partial charge is 0.243 e. The summed E-state index contributed by atoms with van der Waals surface area (Å²) in [5.74, 6) is -0.774. The van der Waals surface area contributed by atoms with Crippen LogP contribution in [0.1, 0.15) is 33.3 Å². The Kier molecular flexibility index (Phi) is 7.45. The van der Waals surface area contributed by atoms with Crippen LogP contribution in [0.2, 0.25) is 0 Å². The third kappa shape index (κ3) is 6.22. The zero-order valence-corrected chi connectivity index (χ0v) is 14.2. The topological polar surface area (TPSA) is 75.3 Å². The first-order chi connectivity index (χ1) is 10.8. The van der Waals surface area contributed by atoms with Crippen molar-refractivity contribution in [3.8, 4) is 0 Å². The lowest BCUT2D eigenvalue weighted by Crippen LogP contribution is -2.53. The van der Waals surface area contributed by atoms with E-state index in [2.05, 4.69) is 10.6 Å². The predicted octanol–water partition coefficient (Wildman–Crippen LogP) is 1.71. The summed E-state index contributed by atoms with van der Waals surface area (Å²) < 4.78 is 0. The fourth-order valence-electron chi connectivity index (χ4n) is 2.13. The Bertz CT molecular complexity index is 526. The molecular weight excluding hydrogens is 292 g/mol. The summed E-state index contributed by atoms with van der Waals surface area (Å²) in [5.41, 5.74) is 0.970. The molecule has 0 saturated heterocycles. The monoisotopic (exact) mass is 318 g/mol. The van der Waals surface area contributed by atoms with Crippen molar-refractivity contribution in [2.75, 3.05) is 0 Å². The number of amides is 2. The Balaban J connectivity index is 2.71. The molecule has 23 heavy (non-hydrogen) atoms. The second-order valence-electron chi connectivity index (χ2n) is 6.33. The van der Waals surface area contributed by atoms with Gasteiger partial charge in [0.2, 0.25) is 11.8 Å². The van der Waals surface area contributed by atoms with Crippen LogP contribution in [0, 0.1) is 11.8 Å². The highest BCUT2D eigenvalue weighted by atomic mass is 16.2. The van der Waals surface area contributed by atoms with Crippen molar-refractivity contribution in [1.82, 2.24) is 10.6 Å². The molecule has 0 unspecified atom stereocenters. The lowest BCUT2D eigenvalue weighted by atomic mass is 10.0. The first kappa shape index (κ1) is 18.9. The van der Waals surface area contributed by atoms with Crippen molar-refractivity contribution in [3.63, 3.8) is 0 Å². The van der Waals surface area contributed by atoms with Crippen molar-refractivity contribution >= 4 is 18.1 Å². The molecule has 2 amide bonds. The molecule has 2 N–H and O–H groups in total. The molecule has 1 aromatic carbocycles. The van der Waals surface area contributed by atoms with Crippen molar-refractivity contribution in [2.45, 2.75) is 46.2 Å². The van der Waals surface area contributed by atoms with Gasteiger partial charge in [0.25, 0.3) is 0 Å². The van der Waals surface area contributed by atoms with Gasteiger partial charge in [-0.15, -0.1) is 0 Å². The average molecular weight is 318 g/mol. The highest BCUT2D eigenvalue weighted by molar-refractivity contribution is 5.89. The maximum absolute atomic E-state index is 12.4. The largest absolute Gasteiger partial charge is 0.344 e. The van der Waals surface area contributed by atoms with E-state index in [9.17, 15) is 14.4 Å². The van der Waals surface area contributed by atoms with E-state index in [1.54, 1.807) is 13.8 Å². The second-order valence-corrected chi connectivity index (χ2v) is 6.33. The van der Waals surface area contributed by atoms with Crippen LogP contribution in [-0.4, -0.2) is 30.2 Å². The van der Waals surface area contributed by atoms with E-state index in [1.807, 2.05) is 44.2 Å². The quantitative estimate of drug-likeness (QED) is 0.717. The van der Waals surface area contributed by atoms with E-state index >= 15 is 0 Å². The molecule has 5 heteroatoms. The summed E-state index contributed by atoms with van der Waals surface area (Å²) in [7, 11) is 0. The zero-order chi connectivity index (χ0) is 17.4. The summed E-state index contributed by atoms with van der Waals surface area (Å²) in [6.45, 7) is 7.26. The Labute approximate surface area is 137 Å². The summed E-state index contributed by atoms with van der Waals surface area (Å²) >= 11 is 0. The molecule has 0 saturated carbocycles. The Morgan fingerprint density at radius 1 is 1.00 bits per heavy atom. The van der Waals surface area contributed by atoms with Gasteiger partial charge in [0.15, 0.2) is 0 Å². The Morgan fingerprint density at radius 2 is 1.61 bits per heavy atom. The first-order valence-electron chi connectivity index (χ1n) is 7.95. The van der Waals surface area contributed by atoms with Crippen LogP contribution in [0.25, 0.3) is 0 Å². The maximum Gasteiger partial charge on any atom is 0.243 e. The third-order valence-corrected chi connectivity index (χ3v) is 3.56. The van der Waals surface area contributed by atoms with Crippen molar-refractivity contribution in [3.05, 3.63) is 35.9 Å². The standard InChI is InChI=1S/C18H26N2O3/c1-12(2)16(20-17(22)13(3)4)18(23)19-15(11-21)10-14-8-6-5-7-9-14/h5-9,11-13,15-16H,10H2,1-4H3,(H,19,23)(H,20,22)/t15-,16-/m0/s1. The molecule has 126 valence electrons. The summed E-state index contributed by atoms with van der Waals surface area (Å²) in [6, 6.07) is 8.23. The summed E-state index contributed by atoms with van der Waals surface area (Å²) in [5, 5.41) is 5.46. The van der Waals surface area contributed by atoms with Gasteiger partial charge in [-0.3, -0.25) is 9.59 Å². The lowest BCUT2D eigenvalue weighted by molar-refractivity contribution is -0.132. The number of carbonyl (C=O) groups is 3. The molecule has 0 fully saturated rings. The van der Waals surface area contributed by atoms with E-state index in [4.69, 9.17) is 0 Å². The van der Waals surface area contributed by atoms with Crippen LogP contribution in [0.5, 0.6) is 0 Å². The minimum absolute atomic E-state index is 0.0678. The van der Waals surface area contributed by atoms with Gasteiger partial charge in [0.1, 0.15) is 12.3 Å². The summed E-state index contributed by atoms with van der Waals surface area (Å²) in [6.07, 6.45) is 1.16. The molecule has 0 spiro atoms. The molecule has 0 aromatic heterocycles. The molecule has 0 heterocycles. The van der Waals surface area contributed by atoms with Gasteiger partial charge in [0, 0.05) is 5.92 Å². The van der Waals surface area contributed by atoms with Gasteiger partial charge in [0.05, 0.1) is 6.04 Å². The van der Waals surface area contributed by atoms with E-state index in [0.29, 0.717) is 6.42 Å². The Morgan fingerprint density at radius 3 is 2.09 bits per heavy atom. The molecule has 0 radical (unpaired) electrons. The molecular formula is C18H26N2O3. The first-order valence-corrected chi connectivity index (χ1v) is 7.95. The molecule has 1 aromatic rings. The molecule has 5 nitrogen and oxygen atoms in total. The number of nitrogens with one attached hydrogen (secondary N) is 2. The van der Waals surface area contributed by atoms with E-state index in [1.165, 1.54) is 0 Å². The van der Waals surface area contributed by atoms with Crippen LogP contribution in [-0.2, 0) is 20.8 Å². The normalized spacial score (nSPS) is 13.5. The molecule has 2 atom stereocenters. The van der Waals surface area contributed by atoms with Crippen molar-refractivity contribution in [1.29, 1.82) is 0 Å². The van der Waals surface area contributed by atoms with Gasteiger partial charge in [-0.2, -0.15) is 0 Å². The Hall–Kier alpha value is -2.17. The van der Waals surface area contributed by atoms with Gasteiger partial charge in [-0.25, -0.2) is 0 Å². The highest BCUT2D eigenvalue weighted by Gasteiger charge is 2.26. The average Bonchev–Trinajstić information content (AvgIpc) is 2.51. The SMILES string of the molecule is CC(C)C(=O)N[C@H](C(=O)N[C@H](C=O)Cc1ccccc1)C(C)C. The number of carbonyl (C=O) groups excluding carboxylic acids is 3. The molecule has 0 aliphatic carbocycles. The van der Waals surface area contributed by atoms with Crippen molar-refractivity contribution < 1.29 is 14.4 Å². The fourth-order valence-corrected chi connectivity index (χ4v) is 2.13. The zero-order valence-electron chi connectivity index (χ0n) is 14.2. The van der Waals surface area contributed by atoms with Gasteiger partial charge < -0.3 is 15.4 Å². The lowest BCUT2D eigenvalue weighted by Gasteiger charge is -2.24.